The number of aryl methyl sites for hydroxylation is 2. The lowest BCUT2D eigenvalue weighted by Crippen LogP contribution is -2.44. The van der Waals surface area contributed by atoms with E-state index in [-0.39, 0.29) is 23.6 Å². The van der Waals surface area contributed by atoms with Gasteiger partial charge in [-0.2, -0.15) is 5.10 Å². The van der Waals surface area contributed by atoms with E-state index in [0.717, 1.165) is 18.5 Å². The third-order valence-corrected chi connectivity index (χ3v) is 4.81. The van der Waals surface area contributed by atoms with Crippen molar-refractivity contribution < 1.29 is 13.9 Å². The van der Waals surface area contributed by atoms with Gasteiger partial charge in [0.15, 0.2) is 0 Å². The van der Waals surface area contributed by atoms with Crippen LogP contribution in [0.5, 0.6) is 0 Å². The predicted molar refractivity (Wildman–Crippen MR) is 89.8 cm³/mol. The summed E-state index contributed by atoms with van der Waals surface area (Å²) in [4.78, 5) is 24.8. The van der Waals surface area contributed by atoms with Crippen LogP contribution in [0.1, 0.15) is 52.4 Å². The second kappa shape index (κ2) is 6.15. The Bertz CT molecular complexity index is 865. The molecule has 2 atom stereocenters. The molecular formula is C18H21N3O4. The normalized spacial score (nSPS) is 23.0. The molecule has 7 heteroatoms. The molecule has 1 aliphatic heterocycles. The van der Waals surface area contributed by atoms with E-state index in [1.165, 1.54) is 4.68 Å². The van der Waals surface area contributed by atoms with Crippen LogP contribution in [-0.4, -0.2) is 34.9 Å². The van der Waals surface area contributed by atoms with Gasteiger partial charge in [0.1, 0.15) is 17.6 Å². The summed E-state index contributed by atoms with van der Waals surface area (Å²) in [5, 5.41) is 7.49. The lowest BCUT2D eigenvalue weighted by atomic mass is 10.1. The molecule has 4 rings (SSSR count). The van der Waals surface area contributed by atoms with Crippen LogP contribution in [0.4, 0.5) is 0 Å². The van der Waals surface area contributed by atoms with E-state index in [4.69, 9.17) is 9.15 Å². The Hall–Kier alpha value is -2.41. The Kier molecular flexibility index (Phi) is 3.95. The highest BCUT2D eigenvalue weighted by molar-refractivity contribution is 5.95. The molecule has 1 saturated carbocycles. The number of furan rings is 1. The molecule has 2 aromatic heterocycles. The highest BCUT2D eigenvalue weighted by Gasteiger charge is 2.34. The van der Waals surface area contributed by atoms with E-state index in [1.54, 1.807) is 32.0 Å². The summed E-state index contributed by atoms with van der Waals surface area (Å²) in [6.45, 7) is 4.28. The van der Waals surface area contributed by atoms with Crippen LogP contribution in [0.25, 0.3) is 0 Å². The first-order chi connectivity index (χ1) is 12.0. The lowest BCUT2D eigenvalue weighted by Gasteiger charge is -2.20. The van der Waals surface area contributed by atoms with Crippen molar-refractivity contribution in [2.24, 2.45) is 0 Å². The highest BCUT2D eigenvalue weighted by atomic mass is 16.5. The van der Waals surface area contributed by atoms with E-state index in [2.05, 4.69) is 10.4 Å². The number of nitrogens with one attached hydrogen (secondary N) is 1. The molecule has 0 aromatic carbocycles. The second-order valence-corrected chi connectivity index (χ2v) is 6.83. The van der Waals surface area contributed by atoms with Gasteiger partial charge in [-0.3, -0.25) is 9.59 Å². The van der Waals surface area contributed by atoms with Crippen molar-refractivity contribution in [2.45, 2.75) is 44.7 Å². The first-order valence-electron chi connectivity index (χ1n) is 8.58. The van der Waals surface area contributed by atoms with Crippen molar-refractivity contribution in [1.29, 1.82) is 0 Å². The molecule has 2 fully saturated rings. The smallest absolute Gasteiger partial charge is 0.267 e. The lowest BCUT2D eigenvalue weighted by molar-refractivity contribution is 0.0923. The molecule has 2 aromatic rings. The molecule has 0 radical (unpaired) electrons. The van der Waals surface area contributed by atoms with Crippen LogP contribution >= 0.6 is 0 Å². The molecule has 25 heavy (non-hydrogen) atoms. The van der Waals surface area contributed by atoms with Crippen LogP contribution in [0.15, 0.2) is 27.4 Å². The van der Waals surface area contributed by atoms with Crippen molar-refractivity contribution in [1.82, 2.24) is 15.1 Å². The van der Waals surface area contributed by atoms with Crippen molar-refractivity contribution in [3.05, 3.63) is 51.3 Å². The average molecular weight is 343 g/mol. The minimum atomic E-state index is -0.304. The van der Waals surface area contributed by atoms with Gasteiger partial charge in [-0.15, -0.1) is 0 Å². The Morgan fingerprint density at radius 1 is 1.28 bits per heavy atom. The second-order valence-electron chi connectivity index (χ2n) is 6.83. The Labute approximate surface area is 145 Å². The van der Waals surface area contributed by atoms with Gasteiger partial charge in [-0.25, -0.2) is 4.68 Å². The molecule has 0 bridgehead atoms. The number of hydrogen-bond acceptors (Lipinski definition) is 5. The molecule has 1 N–H and O–H groups in total. The van der Waals surface area contributed by atoms with Crippen LogP contribution in [0.2, 0.25) is 0 Å². The zero-order chi connectivity index (χ0) is 17.6. The third-order valence-electron chi connectivity index (χ3n) is 4.81. The molecule has 2 aliphatic rings. The van der Waals surface area contributed by atoms with E-state index in [1.807, 2.05) is 0 Å². The molecule has 0 spiro atoms. The van der Waals surface area contributed by atoms with Crippen LogP contribution < -0.4 is 10.9 Å². The van der Waals surface area contributed by atoms with Gasteiger partial charge in [0, 0.05) is 12.0 Å². The number of ether oxygens (including phenoxy) is 1. The summed E-state index contributed by atoms with van der Waals surface area (Å²) in [5.41, 5.74) is 1.28. The van der Waals surface area contributed by atoms with Gasteiger partial charge in [0.25, 0.3) is 11.5 Å². The fraction of sp³-hybridized carbons (Fsp3) is 0.500. The van der Waals surface area contributed by atoms with Crippen LogP contribution in [0.3, 0.4) is 0 Å². The number of aromatic nitrogens is 2. The Balaban J connectivity index is 1.56. The quantitative estimate of drug-likeness (QED) is 0.913. The average Bonchev–Trinajstić information content (AvgIpc) is 3.23. The molecular weight excluding hydrogens is 322 g/mol. The Morgan fingerprint density at radius 2 is 2.08 bits per heavy atom. The summed E-state index contributed by atoms with van der Waals surface area (Å²) in [5.74, 6) is 1.51. The van der Waals surface area contributed by atoms with Gasteiger partial charge >= 0.3 is 0 Å². The van der Waals surface area contributed by atoms with Gasteiger partial charge in [0.05, 0.1) is 30.5 Å². The topological polar surface area (TPSA) is 86.4 Å². The molecule has 2 unspecified atom stereocenters. The maximum Gasteiger partial charge on any atom is 0.267 e. The van der Waals surface area contributed by atoms with Crippen molar-refractivity contribution in [3.63, 3.8) is 0 Å². The molecule has 3 heterocycles. The van der Waals surface area contributed by atoms with Gasteiger partial charge in [0.2, 0.25) is 0 Å². The Morgan fingerprint density at radius 3 is 2.76 bits per heavy atom. The van der Waals surface area contributed by atoms with Crippen molar-refractivity contribution in [2.75, 3.05) is 13.2 Å². The molecule has 7 nitrogen and oxygen atoms in total. The summed E-state index contributed by atoms with van der Waals surface area (Å²) < 4.78 is 12.4. The van der Waals surface area contributed by atoms with Crippen LogP contribution in [0, 0.1) is 13.8 Å². The van der Waals surface area contributed by atoms with E-state index >= 15 is 0 Å². The molecule has 1 saturated heterocycles. The number of carbonyl (C=O) groups excluding carboxylic acids is 1. The number of carbonyl (C=O) groups is 1. The van der Waals surface area contributed by atoms with E-state index < -0.39 is 0 Å². The third kappa shape index (κ3) is 3.11. The van der Waals surface area contributed by atoms with E-state index in [0.29, 0.717) is 36.2 Å². The summed E-state index contributed by atoms with van der Waals surface area (Å²) in [7, 11) is 0. The largest absolute Gasteiger partial charge is 0.466 e. The van der Waals surface area contributed by atoms with Gasteiger partial charge < -0.3 is 14.5 Å². The maximum absolute atomic E-state index is 12.5. The fourth-order valence-electron chi connectivity index (χ4n) is 3.30. The minimum Gasteiger partial charge on any atom is -0.466 e. The minimum absolute atomic E-state index is 0.172. The summed E-state index contributed by atoms with van der Waals surface area (Å²) in [6.07, 6.45) is 2.23. The van der Waals surface area contributed by atoms with Gasteiger partial charge in [-0.05, 0) is 38.8 Å². The fourth-order valence-corrected chi connectivity index (χ4v) is 3.30. The van der Waals surface area contributed by atoms with Crippen molar-refractivity contribution >= 4 is 5.91 Å². The first-order valence-corrected chi connectivity index (χ1v) is 8.58. The zero-order valence-corrected chi connectivity index (χ0v) is 14.3. The number of nitrogens with zero attached hydrogens (tertiary/aromatic N) is 2. The summed E-state index contributed by atoms with van der Waals surface area (Å²) >= 11 is 0. The zero-order valence-electron chi connectivity index (χ0n) is 14.3. The number of amides is 1. The van der Waals surface area contributed by atoms with Gasteiger partial charge in [-0.1, -0.05) is 0 Å². The summed E-state index contributed by atoms with van der Waals surface area (Å²) in [6, 6.07) is 4.47. The first kappa shape index (κ1) is 16.1. The molecule has 132 valence electrons. The maximum atomic E-state index is 12.5. The predicted octanol–water partition coefficient (Wildman–Crippen LogP) is 1.70. The van der Waals surface area contributed by atoms with E-state index in [9.17, 15) is 9.59 Å². The molecule has 1 aliphatic carbocycles. The highest BCUT2D eigenvalue weighted by Crippen LogP contribution is 2.38. The van der Waals surface area contributed by atoms with Crippen LogP contribution in [-0.2, 0) is 4.74 Å². The standard InChI is InChI=1S/C18H21N3O4/c1-10-7-13(11(2)25-10)18(23)19-15-8-24-9-16(15)21-17(22)6-5-14(20-21)12-3-4-12/h5-7,12,15-16H,3-4,8-9H2,1-2H3,(H,19,23). The van der Waals surface area contributed by atoms with Crippen molar-refractivity contribution in [3.8, 4) is 0 Å². The SMILES string of the molecule is Cc1cc(C(=O)NC2COCC2n2nc(C3CC3)ccc2=O)c(C)o1. The number of rotatable bonds is 4. The monoisotopic (exact) mass is 343 g/mol. The molecule has 1 amide bonds. The number of hydrogen-bond donors (Lipinski definition) is 1.